The maximum absolute atomic E-state index is 11.8. The zero-order chi connectivity index (χ0) is 12.3. The highest BCUT2D eigenvalue weighted by molar-refractivity contribution is 5.87. The predicted molar refractivity (Wildman–Crippen MR) is 71.3 cm³/mol. The van der Waals surface area contributed by atoms with Crippen molar-refractivity contribution >= 4 is 18.4 Å². The van der Waals surface area contributed by atoms with Crippen LogP contribution < -0.4 is 5.32 Å². The number of aromatic nitrogens is 2. The van der Waals surface area contributed by atoms with Gasteiger partial charge in [0, 0.05) is 0 Å². The van der Waals surface area contributed by atoms with Gasteiger partial charge in [-0.3, -0.25) is 4.68 Å². The number of carbonyl (C=O) groups is 1. The number of nitrogens with zero attached hydrogens (tertiary/aromatic N) is 2. The highest BCUT2D eigenvalue weighted by Crippen LogP contribution is 2.21. The Bertz CT molecular complexity index is 400. The van der Waals surface area contributed by atoms with Gasteiger partial charge >= 0.3 is 5.97 Å². The first kappa shape index (κ1) is 15.0. The molecule has 1 aromatic rings. The molecule has 5 nitrogen and oxygen atoms in total. The lowest BCUT2D eigenvalue weighted by molar-refractivity contribution is 0.0507. The molecule has 1 aliphatic rings. The van der Waals surface area contributed by atoms with Gasteiger partial charge in [0.05, 0.1) is 18.3 Å². The third-order valence-corrected chi connectivity index (χ3v) is 3.00. The Labute approximate surface area is 113 Å². The molecule has 0 unspecified atom stereocenters. The quantitative estimate of drug-likeness (QED) is 0.852. The molecule has 0 bridgehead atoms. The maximum atomic E-state index is 11.8. The number of halogens is 1. The van der Waals surface area contributed by atoms with Gasteiger partial charge in [-0.05, 0) is 45.8 Å². The molecule has 1 aromatic heterocycles. The average Bonchev–Trinajstić information content (AvgIpc) is 2.73. The Balaban J connectivity index is 0.00000162. The van der Waals surface area contributed by atoms with Crippen molar-refractivity contribution in [1.82, 2.24) is 15.1 Å². The van der Waals surface area contributed by atoms with E-state index in [0.717, 1.165) is 31.6 Å². The second-order valence-corrected chi connectivity index (χ2v) is 4.32. The van der Waals surface area contributed by atoms with Gasteiger partial charge < -0.3 is 10.1 Å². The Kier molecular flexibility index (Phi) is 5.62. The summed E-state index contributed by atoms with van der Waals surface area (Å²) >= 11 is 0. The van der Waals surface area contributed by atoms with Crippen LogP contribution >= 0.6 is 12.4 Å². The molecule has 1 saturated heterocycles. The molecule has 0 atom stereocenters. The predicted octanol–water partition coefficient (Wildman–Crippen LogP) is 1.71. The van der Waals surface area contributed by atoms with Crippen LogP contribution in [0.3, 0.4) is 0 Å². The van der Waals surface area contributed by atoms with E-state index in [2.05, 4.69) is 10.4 Å². The van der Waals surface area contributed by atoms with Crippen LogP contribution in [0, 0.1) is 6.92 Å². The van der Waals surface area contributed by atoms with Crippen LogP contribution in [-0.2, 0) is 4.74 Å². The van der Waals surface area contributed by atoms with Gasteiger partial charge in [-0.25, -0.2) is 4.79 Å². The average molecular weight is 274 g/mol. The summed E-state index contributed by atoms with van der Waals surface area (Å²) in [5.41, 5.74) is 1.45. The molecule has 0 aliphatic carbocycles. The summed E-state index contributed by atoms with van der Waals surface area (Å²) in [6, 6.07) is 2.12. The minimum absolute atomic E-state index is 0. The molecule has 1 aliphatic heterocycles. The minimum atomic E-state index is -0.272. The van der Waals surface area contributed by atoms with Crippen LogP contribution in [0.25, 0.3) is 0 Å². The molecule has 1 N–H and O–H groups in total. The molecule has 0 radical (unpaired) electrons. The smallest absolute Gasteiger partial charge is 0.356 e. The Morgan fingerprint density at radius 1 is 1.56 bits per heavy atom. The molecule has 0 amide bonds. The lowest BCUT2D eigenvalue weighted by Gasteiger charge is -2.24. The molecule has 2 heterocycles. The SMILES string of the molecule is CCOC(=O)c1cc(C)nn1C1CCNCC1.Cl. The second kappa shape index (κ2) is 6.75. The van der Waals surface area contributed by atoms with Crippen molar-refractivity contribution in [1.29, 1.82) is 0 Å². The first-order valence-electron chi connectivity index (χ1n) is 6.16. The van der Waals surface area contributed by atoms with E-state index in [9.17, 15) is 4.79 Å². The van der Waals surface area contributed by atoms with Crippen molar-refractivity contribution < 1.29 is 9.53 Å². The minimum Gasteiger partial charge on any atom is -0.461 e. The van der Waals surface area contributed by atoms with Crippen LogP contribution in [0.1, 0.15) is 42.0 Å². The molecule has 18 heavy (non-hydrogen) atoms. The zero-order valence-corrected chi connectivity index (χ0v) is 11.6. The Morgan fingerprint density at radius 3 is 2.83 bits per heavy atom. The highest BCUT2D eigenvalue weighted by Gasteiger charge is 2.22. The number of esters is 1. The Hall–Kier alpha value is -1.07. The van der Waals surface area contributed by atoms with Crippen molar-refractivity contribution in [2.45, 2.75) is 32.7 Å². The van der Waals surface area contributed by atoms with E-state index in [1.165, 1.54) is 0 Å². The van der Waals surface area contributed by atoms with E-state index in [-0.39, 0.29) is 18.4 Å². The molecule has 0 saturated carbocycles. The van der Waals surface area contributed by atoms with Gasteiger partial charge in [-0.1, -0.05) is 0 Å². The third kappa shape index (κ3) is 3.23. The monoisotopic (exact) mass is 273 g/mol. The largest absolute Gasteiger partial charge is 0.461 e. The van der Waals surface area contributed by atoms with Crippen LogP contribution in [0.15, 0.2) is 6.07 Å². The molecular weight excluding hydrogens is 254 g/mol. The lowest BCUT2D eigenvalue weighted by Crippen LogP contribution is -2.31. The highest BCUT2D eigenvalue weighted by atomic mass is 35.5. The molecular formula is C12H20ClN3O2. The van der Waals surface area contributed by atoms with Crippen molar-refractivity contribution in [3.8, 4) is 0 Å². The summed E-state index contributed by atoms with van der Waals surface area (Å²) in [6.07, 6.45) is 2.01. The second-order valence-electron chi connectivity index (χ2n) is 4.32. The van der Waals surface area contributed by atoms with Crippen molar-refractivity contribution in [2.75, 3.05) is 19.7 Å². The number of rotatable bonds is 3. The van der Waals surface area contributed by atoms with Gasteiger partial charge in [0.1, 0.15) is 5.69 Å². The summed E-state index contributed by atoms with van der Waals surface area (Å²) in [5, 5.41) is 7.73. The normalized spacial score (nSPS) is 16.1. The van der Waals surface area contributed by atoms with Crippen LogP contribution in [0.2, 0.25) is 0 Å². The van der Waals surface area contributed by atoms with E-state index < -0.39 is 0 Å². The maximum Gasteiger partial charge on any atom is 0.356 e. The first-order chi connectivity index (χ1) is 8.22. The van der Waals surface area contributed by atoms with Crippen LogP contribution in [0.4, 0.5) is 0 Å². The third-order valence-electron chi connectivity index (χ3n) is 3.00. The summed E-state index contributed by atoms with van der Waals surface area (Å²) in [5.74, 6) is -0.272. The summed E-state index contributed by atoms with van der Waals surface area (Å²) < 4.78 is 6.90. The fourth-order valence-corrected chi connectivity index (χ4v) is 2.20. The fourth-order valence-electron chi connectivity index (χ4n) is 2.20. The van der Waals surface area contributed by atoms with E-state index in [1.807, 2.05) is 18.5 Å². The van der Waals surface area contributed by atoms with Crippen molar-refractivity contribution in [2.24, 2.45) is 0 Å². The number of piperidine rings is 1. The summed E-state index contributed by atoms with van der Waals surface area (Å²) in [6.45, 7) is 6.07. The van der Waals surface area contributed by atoms with Gasteiger partial charge in [-0.2, -0.15) is 5.10 Å². The summed E-state index contributed by atoms with van der Waals surface area (Å²) in [4.78, 5) is 11.8. The van der Waals surface area contributed by atoms with Gasteiger partial charge in [0.2, 0.25) is 0 Å². The number of aryl methyl sites for hydroxylation is 1. The first-order valence-corrected chi connectivity index (χ1v) is 6.16. The lowest BCUT2D eigenvalue weighted by atomic mass is 10.1. The van der Waals surface area contributed by atoms with Gasteiger partial charge in [0.15, 0.2) is 0 Å². The molecule has 0 aromatic carbocycles. The standard InChI is InChI=1S/C12H19N3O2.ClH/c1-3-17-12(16)11-8-9(2)14-15(11)10-4-6-13-7-5-10;/h8,10,13H,3-7H2,1-2H3;1H. The Morgan fingerprint density at radius 2 is 2.22 bits per heavy atom. The topological polar surface area (TPSA) is 56.1 Å². The molecule has 1 fully saturated rings. The summed E-state index contributed by atoms with van der Waals surface area (Å²) in [7, 11) is 0. The van der Waals surface area contributed by atoms with E-state index in [1.54, 1.807) is 6.07 Å². The van der Waals surface area contributed by atoms with Crippen LogP contribution in [0.5, 0.6) is 0 Å². The number of carbonyl (C=O) groups excluding carboxylic acids is 1. The zero-order valence-electron chi connectivity index (χ0n) is 10.8. The van der Waals surface area contributed by atoms with Crippen molar-refractivity contribution in [3.63, 3.8) is 0 Å². The van der Waals surface area contributed by atoms with Gasteiger partial charge in [-0.15, -0.1) is 12.4 Å². The number of nitrogens with one attached hydrogen (secondary N) is 1. The number of ether oxygens (including phenoxy) is 1. The molecule has 6 heteroatoms. The number of hydrogen-bond acceptors (Lipinski definition) is 4. The van der Waals surface area contributed by atoms with E-state index >= 15 is 0 Å². The molecule has 0 spiro atoms. The van der Waals surface area contributed by atoms with Crippen LogP contribution in [-0.4, -0.2) is 35.4 Å². The molecule has 2 rings (SSSR count). The van der Waals surface area contributed by atoms with E-state index in [0.29, 0.717) is 18.3 Å². The fraction of sp³-hybridized carbons (Fsp3) is 0.667. The van der Waals surface area contributed by atoms with Crippen molar-refractivity contribution in [3.05, 3.63) is 17.5 Å². The molecule has 102 valence electrons. The van der Waals surface area contributed by atoms with E-state index in [4.69, 9.17) is 4.74 Å². The number of hydrogen-bond donors (Lipinski definition) is 1. The van der Waals surface area contributed by atoms with Gasteiger partial charge in [0.25, 0.3) is 0 Å².